The Morgan fingerprint density at radius 3 is 2.53 bits per heavy atom. The number of aromatic nitrogens is 1. The Morgan fingerprint density at radius 1 is 1.42 bits per heavy atom. The molecule has 0 aliphatic heterocycles. The van der Waals surface area contributed by atoms with Gasteiger partial charge in [0.05, 0.1) is 23.6 Å². The van der Waals surface area contributed by atoms with E-state index in [1.54, 1.807) is 0 Å². The van der Waals surface area contributed by atoms with Crippen LogP contribution in [0.5, 0.6) is 0 Å². The Balaban J connectivity index is 2.18. The van der Waals surface area contributed by atoms with Crippen LogP contribution in [-0.4, -0.2) is 9.91 Å². The van der Waals surface area contributed by atoms with Gasteiger partial charge >= 0.3 is 0 Å². The van der Waals surface area contributed by atoms with Crippen molar-refractivity contribution in [2.75, 3.05) is 5.32 Å². The lowest BCUT2D eigenvalue weighted by Crippen LogP contribution is -2.04. The molecule has 19 heavy (non-hydrogen) atoms. The summed E-state index contributed by atoms with van der Waals surface area (Å²) in [5.41, 5.74) is -0.185. The first-order valence-corrected chi connectivity index (χ1v) is 6.13. The Morgan fingerprint density at radius 2 is 2.05 bits per heavy atom. The lowest BCUT2D eigenvalue weighted by molar-refractivity contribution is -0.385. The van der Waals surface area contributed by atoms with E-state index in [9.17, 15) is 18.9 Å². The zero-order valence-corrected chi connectivity index (χ0v) is 10.6. The molecule has 0 spiro atoms. The number of hydrogen-bond acceptors (Lipinski definition) is 5. The van der Waals surface area contributed by atoms with Crippen LogP contribution in [0.1, 0.15) is 10.7 Å². The molecule has 0 fully saturated rings. The molecular formula is C11H9F2N3O2S. The Labute approximate surface area is 111 Å². The van der Waals surface area contributed by atoms with Gasteiger partial charge in [0.1, 0.15) is 10.7 Å². The quantitative estimate of drug-likeness (QED) is 0.691. The van der Waals surface area contributed by atoms with E-state index >= 15 is 0 Å². The monoisotopic (exact) mass is 285 g/mol. The molecule has 1 heterocycles. The van der Waals surface area contributed by atoms with E-state index in [0.29, 0.717) is 17.1 Å². The first-order valence-electron chi connectivity index (χ1n) is 5.25. The van der Waals surface area contributed by atoms with Crippen LogP contribution in [0.3, 0.4) is 0 Å². The third-order valence-electron chi connectivity index (χ3n) is 2.32. The number of aryl methyl sites for hydroxylation is 1. The fourth-order valence-corrected chi connectivity index (χ4v) is 2.19. The summed E-state index contributed by atoms with van der Waals surface area (Å²) < 4.78 is 27.1. The molecule has 1 N–H and O–H groups in total. The van der Waals surface area contributed by atoms with Crippen LogP contribution in [0.25, 0.3) is 0 Å². The van der Waals surface area contributed by atoms with Crippen LogP contribution < -0.4 is 5.32 Å². The third kappa shape index (κ3) is 3.02. The van der Waals surface area contributed by atoms with Crippen molar-refractivity contribution in [3.05, 3.63) is 50.0 Å². The average Bonchev–Trinajstić information content (AvgIpc) is 2.73. The van der Waals surface area contributed by atoms with E-state index in [2.05, 4.69) is 10.3 Å². The van der Waals surface area contributed by atoms with Crippen LogP contribution in [0, 0.1) is 28.7 Å². The second kappa shape index (κ2) is 5.27. The number of benzene rings is 1. The van der Waals surface area contributed by atoms with E-state index in [0.717, 1.165) is 5.69 Å². The number of nitrogens with one attached hydrogen (secondary N) is 1. The third-order valence-corrected chi connectivity index (χ3v) is 3.29. The van der Waals surface area contributed by atoms with Crippen LogP contribution in [-0.2, 0) is 6.54 Å². The number of nitrogens with zero attached hydrogens (tertiary/aromatic N) is 2. The SMILES string of the molecule is Cc1csc(CNc2c(F)cc([N+](=O)[O-])cc2F)n1. The van der Waals surface area contributed by atoms with Crippen molar-refractivity contribution in [3.8, 4) is 0 Å². The van der Waals surface area contributed by atoms with Crippen molar-refractivity contribution >= 4 is 22.7 Å². The molecule has 2 aromatic rings. The maximum Gasteiger partial charge on any atom is 0.275 e. The van der Waals surface area contributed by atoms with Gasteiger partial charge in [0.25, 0.3) is 5.69 Å². The maximum absolute atomic E-state index is 13.6. The number of non-ortho nitro benzene ring substituents is 1. The molecule has 0 aliphatic rings. The summed E-state index contributed by atoms with van der Waals surface area (Å²) >= 11 is 1.36. The summed E-state index contributed by atoms with van der Waals surface area (Å²) in [6.07, 6.45) is 0. The fraction of sp³-hybridized carbons (Fsp3) is 0.182. The summed E-state index contributed by atoms with van der Waals surface area (Å²) in [5.74, 6) is -2.00. The van der Waals surface area contributed by atoms with E-state index in [1.807, 2.05) is 12.3 Å². The molecule has 8 heteroatoms. The van der Waals surface area contributed by atoms with Crippen molar-refractivity contribution in [1.82, 2.24) is 4.98 Å². The summed E-state index contributed by atoms with van der Waals surface area (Å²) in [6, 6.07) is 1.36. The highest BCUT2D eigenvalue weighted by Crippen LogP contribution is 2.25. The van der Waals surface area contributed by atoms with Gasteiger partial charge in [-0.15, -0.1) is 11.3 Å². The maximum atomic E-state index is 13.6. The smallest absolute Gasteiger partial charge is 0.275 e. The Bertz CT molecular complexity index is 607. The summed E-state index contributed by atoms with van der Waals surface area (Å²) in [7, 11) is 0. The standard InChI is InChI=1S/C11H9F2N3O2S/c1-6-5-19-10(15-6)4-14-11-8(12)2-7(16(17)18)3-9(11)13/h2-3,5,14H,4H2,1H3. The number of nitro benzene ring substituents is 1. The first-order chi connectivity index (χ1) is 8.97. The minimum Gasteiger partial charge on any atom is -0.374 e. The predicted molar refractivity (Wildman–Crippen MR) is 67.2 cm³/mol. The Hall–Kier alpha value is -2.09. The number of anilines is 1. The number of halogens is 2. The number of nitro groups is 1. The largest absolute Gasteiger partial charge is 0.374 e. The van der Waals surface area contributed by atoms with Gasteiger partial charge < -0.3 is 5.32 Å². The second-order valence-electron chi connectivity index (χ2n) is 3.78. The van der Waals surface area contributed by atoms with Gasteiger partial charge in [0.15, 0.2) is 11.6 Å². The normalized spacial score (nSPS) is 10.5. The van der Waals surface area contributed by atoms with Gasteiger partial charge in [-0.1, -0.05) is 0 Å². The summed E-state index contributed by atoms with van der Waals surface area (Å²) in [5, 5.41) is 15.5. The van der Waals surface area contributed by atoms with Gasteiger partial charge in [-0.05, 0) is 6.92 Å². The highest BCUT2D eigenvalue weighted by atomic mass is 32.1. The van der Waals surface area contributed by atoms with Crippen LogP contribution >= 0.6 is 11.3 Å². The van der Waals surface area contributed by atoms with Crippen molar-refractivity contribution in [2.24, 2.45) is 0 Å². The van der Waals surface area contributed by atoms with Crippen molar-refractivity contribution in [1.29, 1.82) is 0 Å². The molecule has 2 rings (SSSR count). The highest BCUT2D eigenvalue weighted by Gasteiger charge is 2.17. The first kappa shape index (κ1) is 13.3. The predicted octanol–water partition coefficient (Wildman–Crippen LogP) is 3.25. The lowest BCUT2D eigenvalue weighted by atomic mass is 10.2. The van der Waals surface area contributed by atoms with Gasteiger partial charge in [0, 0.05) is 11.1 Å². The van der Waals surface area contributed by atoms with Gasteiger partial charge in [-0.3, -0.25) is 10.1 Å². The van der Waals surface area contributed by atoms with Gasteiger partial charge in [-0.2, -0.15) is 0 Å². The molecule has 0 saturated heterocycles. The minimum atomic E-state index is -1.00. The van der Waals surface area contributed by atoms with Crippen molar-refractivity contribution in [2.45, 2.75) is 13.5 Å². The number of hydrogen-bond donors (Lipinski definition) is 1. The van der Waals surface area contributed by atoms with E-state index in [-0.39, 0.29) is 6.54 Å². The molecule has 100 valence electrons. The highest BCUT2D eigenvalue weighted by molar-refractivity contribution is 7.09. The second-order valence-corrected chi connectivity index (χ2v) is 4.72. The molecule has 1 aromatic heterocycles. The average molecular weight is 285 g/mol. The van der Waals surface area contributed by atoms with E-state index in [4.69, 9.17) is 0 Å². The van der Waals surface area contributed by atoms with Crippen molar-refractivity contribution in [3.63, 3.8) is 0 Å². The molecule has 5 nitrogen and oxygen atoms in total. The topological polar surface area (TPSA) is 68.1 Å². The van der Waals surface area contributed by atoms with Gasteiger partial charge in [0.2, 0.25) is 0 Å². The van der Waals surface area contributed by atoms with Gasteiger partial charge in [-0.25, -0.2) is 13.8 Å². The summed E-state index contributed by atoms with van der Waals surface area (Å²) in [4.78, 5) is 13.7. The lowest BCUT2D eigenvalue weighted by Gasteiger charge is -2.07. The zero-order chi connectivity index (χ0) is 14.0. The number of rotatable bonds is 4. The summed E-state index contributed by atoms with van der Waals surface area (Å²) in [6.45, 7) is 1.97. The van der Waals surface area contributed by atoms with E-state index < -0.39 is 27.9 Å². The minimum absolute atomic E-state index is 0.157. The molecule has 0 aliphatic carbocycles. The molecule has 0 unspecified atom stereocenters. The zero-order valence-electron chi connectivity index (χ0n) is 9.81. The molecule has 0 bridgehead atoms. The van der Waals surface area contributed by atoms with Crippen LogP contribution in [0.4, 0.5) is 20.2 Å². The Kier molecular flexibility index (Phi) is 3.70. The molecule has 1 aromatic carbocycles. The van der Waals surface area contributed by atoms with E-state index in [1.165, 1.54) is 11.3 Å². The van der Waals surface area contributed by atoms with Crippen LogP contribution in [0.15, 0.2) is 17.5 Å². The fourth-order valence-electron chi connectivity index (χ4n) is 1.48. The molecule has 0 radical (unpaired) electrons. The molecule has 0 amide bonds. The van der Waals surface area contributed by atoms with Crippen LogP contribution in [0.2, 0.25) is 0 Å². The van der Waals surface area contributed by atoms with Crippen molar-refractivity contribution < 1.29 is 13.7 Å². The molecular weight excluding hydrogens is 276 g/mol. The number of thiazole rings is 1. The molecule has 0 atom stereocenters. The molecule has 0 saturated carbocycles.